The summed E-state index contributed by atoms with van der Waals surface area (Å²) >= 11 is 1.86. The molecule has 2 rings (SSSR count). The molecule has 18 heavy (non-hydrogen) atoms. The van der Waals surface area contributed by atoms with Crippen LogP contribution < -0.4 is 10.2 Å². The maximum Gasteiger partial charge on any atom is 0.185 e. The quantitative estimate of drug-likeness (QED) is 0.823. The Bertz CT molecular complexity index is 371. The molecule has 0 spiro atoms. The van der Waals surface area contributed by atoms with Gasteiger partial charge in [-0.05, 0) is 31.7 Å². The molecule has 0 radical (unpaired) electrons. The second-order valence-corrected chi connectivity index (χ2v) is 6.24. The van der Waals surface area contributed by atoms with E-state index in [-0.39, 0.29) is 0 Å². The van der Waals surface area contributed by atoms with Crippen molar-refractivity contribution in [3.63, 3.8) is 0 Å². The molecule has 0 amide bonds. The highest BCUT2D eigenvalue weighted by Crippen LogP contribution is 2.31. The van der Waals surface area contributed by atoms with Gasteiger partial charge in [-0.25, -0.2) is 4.98 Å². The number of nitrogens with zero attached hydrogens (tertiary/aromatic N) is 2. The number of anilines is 1. The van der Waals surface area contributed by atoms with Crippen LogP contribution >= 0.6 is 11.3 Å². The standard InChI is InChI=1S/C14H25N3S/c1-4-12-13(9-15-5-2)18-14(16-12)17(3)10-11-7-6-8-11/h11,15H,4-10H2,1-3H3. The average Bonchev–Trinajstić information content (AvgIpc) is 2.74. The molecule has 4 heteroatoms. The highest BCUT2D eigenvalue weighted by atomic mass is 32.1. The summed E-state index contributed by atoms with van der Waals surface area (Å²) in [5.74, 6) is 0.904. The summed E-state index contributed by atoms with van der Waals surface area (Å²) in [7, 11) is 2.19. The van der Waals surface area contributed by atoms with Crippen LogP contribution in [-0.4, -0.2) is 25.1 Å². The second-order valence-electron chi connectivity index (χ2n) is 5.18. The van der Waals surface area contributed by atoms with Gasteiger partial charge in [0.1, 0.15) is 0 Å². The van der Waals surface area contributed by atoms with Crippen LogP contribution in [0.25, 0.3) is 0 Å². The van der Waals surface area contributed by atoms with Crippen molar-refractivity contribution in [2.24, 2.45) is 5.92 Å². The third kappa shape index (κ3) is 3.23. The molecule has 102 valence electrons. The Balaban J connectivity index is 2.00. The number of rotatable bonds is 7. The van der Waals surface area contributed by atoms with Crippen LogP contribution in [0.2, 0.25) is 0 Å². The SMILES string of the molecule is CCNCc1sc(N(C)CC2CCC2)nc1CC. The fourth-order valence-electron chi connectivity index (χ4n) is 2.33. The van der Waals surface area contributed by atoms with Crippen LogP contribution in [-0.2, 0) is 13.0 Å². The normalized spacial score (nSPS) is 15.7. The number of nitrogens with one attached hydrogen (secondary N) is 1. The van der Waals surface area contributed by atoms with Crippen molar-refractivity contribution in [1.29, 1.82) is 0 Å². The minimum absolute atomic E-state index is 0.904. The third-order valence-electron chi connectivity index (χ3n) is 3.72. The van der Waals surface area contributed by atoms with Gasteiger partial charge in [0.2, 0.25) is 0 Å². The van der Waals surface area contributed by atoms with Gasteiger partial charge in [-0.1, -0.05) is 20.3 Å². The van der Waals surface area contributed by atoms with E-state index in [1.54, 1.807) is 0 Å². The van der Waals surface area contributed by atoms with Crippen LogP contribution in [0.3, 0.4) is 0 Å². The highest BCUT2D eigenvalue weighted by Gasteiger charge is 2.21. The van der Waals surface area contributed by atoms with Crippen LogP contribution in [0.5, 0.6) is 0 Å². The summed E-state index contributed by atoms with van der Waals surface area (Å²) in [6, 6.07) is 0. The van der Waals surface area contributed by atoms with Crippen LogP contribution in [0, 0.1) is 5.92 Å². The van der Waals surface area contributed by atoms with Gasteiger partial charge in [0, 0.05) is 25.0 Å². The largest absolute Gasteiger partial charge is 0.351 e. The van der Waals surface area contributed by atoms with Crippen molar-refractivity contribution >= 4 is 16.5 Å². The lowest BCUT2D eigenvalue weighted by Crippen LogP contribution is -2.29. The lowest BCUT2D eigenvalue weighted by molar-refractivity contribution is 0.321. The molecular formula is C14H25N3S. The Morgan fingerprint density at radius 2 is 2.17 bits per heavy atom. The fourth-order valence-corrected chi connectivity index (χ4v) is 3.42. The third-order valence-corrected chi connectivity index (χ3v) is 4.93. The lowest BCUT2D eigenvalue weighted by Gasteiger charge is -2.29. The van der Waals surface area contributed by atoms with Crippen molar-refractivity contribution in [3.05, 3.63) is 10.6 Å². The number of aromatic nitrogens is 1. The molecule has 0 aliphatic heterocycles. The molecule has 1 N–H and O–H groups in total. The van der Waals surface area contributed by atoms with Gasteiger partial charge in [0.05, 0.1) is 5.69 Å². The molecule has 0 bridgehead atoms. The first-order chi connectivity index (χ1) is 8.74. The first-order valence-electron chi connectivity index (χ1n) is 7.15. The Kier molecular flexibility index (Phi) is 5.01. The van der Waals surface area contributed by atoms with Gasteiger partial charge in [-0.2, -0.15) is 0 Å². The predicted molar refractivity (Wildman–Crippen MR) is 79.5 cm³/mol. The van der Waals surface area contributed by atoms with E-state index in [9.17, 15) is 0 Å². The van der Waals surface area contributed by atoms with E-state index in [1.807, 2.05) is 11.3 Å². The van der Waals surface area contributed by atoms with E-state index < -0.39 is 0 Å². The molecule has 3 nitrogen and oxygen atoms in total. The van der Waals surface area contributed by atoms with Gasteiger partial charge < -0.3 is 10.2 Å². The van der Waals surface area contributed by atoms with Gasteiger partial charge in [0.25, 0.3) is 0 Å². The second kappa shape index (κ2) is 6.53. The molecule has 1 aromatic rings. The average molecular weight is 267 g/mol. The topological polar surface area (TPSA) is 28.2 Å². The molecule has 0 unspecified atom stereocenters. The molecule has 0 aromatic carbocycles. The Morgan fingerprint density at radius 1 is 1.39 bits per heavy atom. The first-order valence-corrected chi connectivity index (χ1v) is 7.96. The van der Waals surface area contributed by atoms with Crippen molar-refractivity contribution in [1.82, 2.24) is 10.3 Å². The van der Waals surface area contributed by atoms with E-state index in [0.29, 0.717) is 0 Å². The summed E-state index contributed by atoms with van der Waals surface area (Å²) in [5, 5.41) is 4.61. The Labute approximate surface area is 115 Å². The van der Waals surface area contributed by atoms with E-state index >= 15 is 0 Å². The van der Waals surface area contributed by atoms with Crippen LogP contribution in [0.15, 0.2) is 0 Å². The maximum atomic E-state index is 4.80. The van der Waals surface area contributed by atoms with Crippen LogP contribution in [0.1, 0.15) is 43.7 Å². The van der Waals surface area contributed by atoms with E-state index in [1.165, 1.54) is 41.5 Å². The molecule has 1 aliphatic carbocycles. The first kappa shape index (κ1) is 13.8. The summed E-state index contributed by atoms with van der Waals surface area (Å²) in [6.45, 7) is 7.51. The van der Waals surface area contributed by atoms with Gasteiger partial charge >= 0.3 is 0 Å². The fraction of sp³-hybridized carbons (Fsp3) is 0.786. The van der Waals surface area contributed by atoms with Gasteiger partial charge in [-0.15, -0.1) is 11.3 Å². The molecule has 1 saturated carbocycles. The molecule has 1 heterocycles. The smallest absolute Gasteiger partial charge is 0.185 e. The maximum absolute atomic E-state index is 4.80. The van der Waals surface area contributed by atoms with Gasteiger partial charge in [-0.3, -0.25) is 0 Å². The number of aryl methyl sites for hydroxylation is 1. The molecule has 1 aliphatic rings. The van der Waals surface area contributed by atoms with Gasteiger partial charge in [0.15, 0.2) is 5.13 Å². The molecule has 0 atom stereocenters. The summed E-state index contributed by atoms with van der Waals surface area (Å²) in [5.41, 5.74) is 1.27. The van der Waals surface area contributed by atoms with Crippen molar-refractivity contribution in [2.45, 2.75) is 46.1 Å². The molecule has 1 aromatic heterocycles. The monoisotopic (exact) mass is 267 g/mol. The zero-order chi connectivity index (χ0) is 13.0. The molecule has 0 saturated heterocycles. The van der Waals surface area contributed by atoms with Crippen molar-refractivity contribution in [2.75, 3.05) is 25.0 Å². The zero-order valence-electron chi connectivity index (χ0n) is 11.8. The summed E-state index contributed by atoms with van der Waals surface area (Å²) in [4.78, 5) is 8.56. The van der Waals surface area contributed by atoms with E-state index in [0.717, 1.165) is 25.4 Å². The zero-order valence-corrected chi connectivity index (χ0v) is 12.6. The van der Waals surface area contributed by atoms with Crippen LogP contribution in [0.4, 0.5) is 5.13 Å². The Hall–Kier alpha value is -0.610. The van der Waals surface area contributed by atoms with Crippen molar-refractivity contribution < 1.29 is 0 Å². The summed E-state index contributed by atoms with van der Waals surface area (Å²) in [6.07, 6.45) is 5.26. The van der Waals surface area contributed by atoms with E-state index in [4.69, 9.17) is 4.98 Å². The number of hydrogen-bond acceptors (Lipinski definition) is 4. The predicted octanol–water partition coefficient (Wildman–Crippen LogP) is 3.05. The van der Waals surface area contributed by atoms with Crippen molar-refractivity contribution in [3.8, 4) is 0 Å². The van der Waals surface area contributed by atoms with E-state index in [2.05, 4.69) is 31.1 Å². The number of hydrogen-bond donors (Lipinski definition) is 1. The lowest BCUT2D eigenvalue weighted by atomic mass is 9.85. The number of thiazole rings is 1. The summed E-state index contributed by atoms with van der Waals surface area (Å²) < 4.78 is 0. The minimum Gasteiger partial charge on any atom is -0.351 e. The molecular weight excluding hydrogens is 242 g/mol. The highest BCUT2D eigenvalue weighted by molar-refractivity contribution is 7.15. The Morgan fingerprint density at radius 3 is 2.72 bits per heavy atom. The minimum atomic E-state index is 0.904. The molecule has 1 fully saturated rings.